The highest BCUT2D eigenvalue weighted by molar-refractivity contribution is 7.71. The van der Waals surface area contributed by atoms with E-state index in [0.29, 0.717) is 30.1 Å². The van der Waals surface area contributed by atoms with Crippen molar-refractivity contribution < 1.29 is 8.78 Å². The predicted octanol–water partition coefficient (Wildman–Crippen LogP) is 4.14. The van der Waals surface area contributed by atoms with Gasteiger partial charge in [-0.25, -0.2) is 13.5 Å². The van der Waals surface area contributed by atoms with Crippen molar-refractivity contribution in [1.82, 2.24) is 19.2 Å². The highest BCUT2D eigenvalue weighted by atomic mass is 32.1. The van der Waals surface area contributed by atoms with Gasteiger partial charge in [0.1, 0.15) is 17.5 Å². The minimum absolute atomic E-state index is 0.332. The Hall–Kier alpha value is -2.38. The summed E-state index contributed by atoms with van der Waals surface area (Å²) in [5, 5.41) is 4.50. The van der Waals surface area contributed by atoms with Gasteiger partial charge in [0, 0.05) is 18.2 Å². The van der Waals surface area contributed by atoms with Crippen molar-refractivity contribution in [3.63, 3.8) is 0 Å². The zero-order valence-electron chi connectivity index (χ0n) is 14.7. The third kappa shape index (κ3) is 4.23. The maximum absolute atomic E-state index is 13.8. The third-order valence-corrected chi connectivity index (χ3v) is 4.55. The van der Waals surface area contributed by atoms with Crippen LogP contribution in [0.5, 0.6) is 0 Å². The summed E-state index contributed by atoms with van der Waals surface area (Å²) in [6.45, 7) is 3.31. The van der Waals surface area contributed by atoms with Crippen LogP contribution in [-0.2, 0) is 19.8 Å². The Balaban J connectivity index is 1.73. The summed E-state index contributed by atoms with van der Waals surface area (Å²) in [5.74, 6) is -0.308. The zero-order chi connectivity index (χ0) is 18.7. The Morgan fingerprint density at radius 2 is 1.85 bits per heavy atom. The van der Waals surface area contributed by atoms with Crippen molar-refractivity contribution in [2.75, 3.05) is 7.05 Å². The molecule has 0 amide bonds. The largest absolute Gasteiger partial charge is 0.300 e. The fourth-order valence-corrected chi connectivity index (χ4v) is 3.10. The van der Waals surface area contributed by atoms with E-state index in [9.17, 15) is 8.78 Å². The lowest BCUT2D eigenvalue weighted by molar-refractivity contribution is 0.240. The maximum Gasteiger partial charge on any atom is 0.199 e. The van der Waals surface area contributed by atoms with Gasteiger partial charge >= 0.3 is 0 Å². The summed E-state index contributed by atoms with van der Waals surface area (Å²) < 4.78 is 31.1. The van der Waals surface area contributed by atoms with Gasteiger partial charge < -0.3 is 0 Å². The van der Waals surface area contributed by atoms with Crippen molar-refractivity contribution in [3.8, 4) is 0 Å². The van der Waals surface area contributed by atoms with Crippen LogP contribution in [0, 0.1) is 23.3 Å². The molecule has 136 valence electrons. The number of hydrogen-bond acceptors (Lipinski definition) is 3. The van der Waals surface area contributed by atoms with Crippen LogP contribution in [0.15, 0.2) is 48.5 Å². The number of aryl methyl sites for hydroxylation is 1. The summed E-state index contributed by atoms with van der Waals surface area (Å²) in [6.07, 6.45) is 0. The third-order valence-electron chi connectivity index (χ3n) is 4.12. The molecule has 0 radical (unpaired) electrons. The first-order chi connectivity index (χ1) is 12.4. The summed E-state index contributed by atoms with van der Waals surface area (Å²) in [5.41, 5.74) is 1.58. The summed E-state index contributed by atoms with van der Waals surface area (Å²) >= 11 is 5.55. The van der Waals surface area contributed by atoms with Gasteiger partial charge in [-0.3, -0.25) is 9.47 Å². The van der Waals surface area contributed by atoms with Gasteiger partial charge in [0.15, 0.2) is 4.77 Å². The first-order valence-electron chi connectivity index (χ1n) is 8.24. The van der Waals surface area contributed by atoms with Crippen LogP contribution in [0.1, 0.15) is 17.0 Å². The van der Waals surface area contributed by atoms with E-state index in [-0.39, 0.29) is 0 Å². The Bertz CT molecular complexity index is 950. The Morgan fingerprint density at radius 3 is 2.54 bits per heavy atom. The molecule has 0 aliphatic carbocycles. The second kappa shape index (κ2) is 7.88. The van der Waals surface area contributed by atoms with Gasteiger partial charge in [0.2, 0.25) is 0 Å². The average Bonchev–Trinajstić information content (AvgIpc) is 2.86. The molecule has 0 N–H and O–H groups in total. The molecular weight excluding hydrogens is 354 g/mol. The molecular formula is C19H20F2N4S. The van der Waals surface area contributed by atoms with E-state index >= 15 is 0 Å². The molecule has 0 spiro atoms. The van der Waals surface area contributed by atoms with Gasteiger partial charge in [-0.15, -0.1) is 0 Å². The van der Waals surface area contributed by atoms with Crippen molar-refractivity contribution in [3.05, 3.63) is 81.9 Å². The van der Waals surface area contributed by atoms with Crippen molar-refractivity contribution in [2.45, 2.75) is 26.7 Å². The Labute approximate surface area is 156 Å². The van der Waals surface area contributed by atoms with Crippen LogP contribution in [0.3, 0.4) is 0 Å². The smallest absolute Gasteiger partial charge is 0.199 e. The van der Waals surface area contributed by atoms with Gasteiger partial charge in [0.05, 0.1) is 13.2 Å². The fourth-order valence-electron chi connectivity index (χ4n) is 2.81. The molecule has 0 unspecified atom stereocenters. The second-order valence-electron chi connectivity index (χ2n) is 6.29. The van der Waals surface area contributed by atoms with E-state index in [1.807, 2.05) is 53.8 Å². The van der Waals surface area contributed by atoms with Gasteiger partial charge in [-0.2, -0.15) is 5.10 Å². The highest BCUT2D eigenvalue weighted by Crippen LogP contribution is 2.13. The van der Waals surface area contributed by atoms with Gasteiger partial charge in [-0.05, 0) is 37.8 Å². The minimum Gasteiger partial charge on any atom is -0.300 e. The van der Waals surface area contributed by atoms with E-state index < -0.39 is 11.6 Å². The number of nitrogens with zero attached hydrogens (tertiary/aromatic N) is 4. The number of aromatic nitrogens is 3. The molecule has 1 aromatic heterocycles. The minimum atomic E-state index is -0.577. The topological polar surface area (TPSA) is 26.0 Å². The molecule has 7 heteroatoms. The molecule has 0 atom stereocenters. The lowest BCUT2D eigenvalue weighted by atomic mass is 10.2. The summed E-state index contributed by atoms with van der Waals surface area (Å²) in [6, 6.07) is 13.7. The Kier molecular flexibility index (Phi) is 5.58. The Morgan fingerprint density at radius 1 is 1.12 bits per heavy atom. The highest BCUT2D eigenvalue weighted by Gasteiger charge is 2.11. The average molecular weight is 374 g/mol. The second-order valence-corrected chi connectivity index (χ2v) is 6.66. The molecule has 3 aromatic rings. The van der Waals surface area contributed by atoms with Crippen molar-refractivity contribution >= 4 is 12.2 Å². The van der Waals surface area contributed by atoms with E-state index in [4.69, 9.17) is 12.2 Å². The van der Waals surface area contributed by atoms with Crippen LogP contribution in [0.4, 0.5) is 8.78 Å². The van der Waals surface area contributed by atoms with Gasteiger partial charge in [-0.1, -0.05) is 36.4 Å². The molecule has 26 heavy (non-hydrogen) atoms. The quantitative estimate of drug-likeness (QED) is 0.607. The van der Waals surface area contributed by atoms with Crippen LogP contribution < -0.4 is 0 Å². The number of benzene rings is 2. The van der Waals surface area contributed by atoms with Crippen LogP contribution in [-0.4, -0.2) is 26.3 Å². The van der Waals surface area contributed by atoms with E-state index in [1.54, 1.807) is 4.68 Å². The number of rotatable bonds is 6. The van der Waals surface area contributed by atoms with Crippen molar-refractivity contribution in [2.24, 2.45) is 0 Å². The number of hydrogen-bond donors (Lipinski definition) is 0. The molecule has 0 bridgehead atoms. The van der Waals surface area contributed by atoms with E-state index in [0.717, 1.165) is 17.5 Å². The number of halogens is 2. The predicted molar refractivity (Wildman–Crippen MR) is 99.2 cm³/mol. The first kappa shape index (κ1) is 18.4. The molecule has 0 aliphatic rings. The maximum atomic E-state index is 13.8. The SMILES string of the molecule is Cc1nn(CN(C)Cc2ccc(F)cc2F)c(=S)n1Cc1ccccc1. The lowest BCUT2D eigenvalue weighted by Gasteiger charge is -2.17. The summed E-state index contributed by atoms with van der Waals surface area (Å²) in [4.78, 5) is 1.88. The molecule has 3 rings (SSSR count). The molecule has 0 aliphatic heterocycles. The van der Waals surface area contributed by atoms with Gasteiger partial charge in [0.25, 0.3) is 0 Å². The molecule has 0 saturated carbocycles. The van der Waals surface area contributed by atoms with Crippen LogP contribution in [0.25, 0.3) is 0 Å². The van der Waals surface area contributed by atoms with Crippen LogP contribution in [0.2, 0.25) is 0 Å². The first-order valence-corrected chi connectivity index (χ1v) is 8.65. The molecule has 2 aromatic carbocycles. The van der Waals surface area contributed by atoms with Crippen LogP contribution >= 0.6 is 12.2 Å². The fraction of sp³-hybridized carbons (Fsp3) is 0.263. The van der Waals surface area contributed by atoms with Crippen molar-refractivity contribution in [1.29, 1.82) is 0 Å². The normalized spacial score (nSPS) is 11.3. The monoisotopic (exact) mass is 374 g/mol. The molecule has 0 fully saturated rings. The molecule has 0 saturated heterocycles. The molecule has 1 heterocycles. The van der Waals surface area contributed by atoms with E-state index in [1.165, 1.54) is 12.1 Å². The van der Waals surface area contributed by atoms with E-state index in [2.05, 4.69) is 5.10 Å². The lowest BCUT2D eigenvalue weighted by Crippen LogP contribution is -2.23. The standard InChI is InChI=1S/C19H20F2N4S/c1-14-22-25(19(26)24(14)11-15-6-4-3-5-7-15)13-23(2)12-16-8-9-17(20)10-18(16)21/h3-10H,11-13H2,1-2H3. The molecule has 4 nitrogen and oxygen atoms in total. The zero-order valence-corrected chi connectivity index (χ0v) is 15.5. The summed E-state index contributed by atoms with van der Waals surface area (Å²) in [7, 11) is 1.84.